The molecule has 1 fully saturated rings. The Labute approximate surface area is 110 Å². The molecule has 3 unspecified atom stereocenters. The third kappa shape index (κ3) is 3.09. The van der Waals surface area contributed by atoms with Crippen LogP contribution in [0.3, 0.4) is 0 Å². The average Bonchev–Trinajstić information content (AvgIpc) is 2.77. The highest BCUT2D eigenvalue weighted by Crippen LogP contribution is 2.28. The van der Waals surface area contributed by atoms with Crippen LogP contribution in [0.5, 0.6) is 0 Å². The smallest absolute Gasteiger partial charge is 0.0577 e. The fourth-order valence-corrected chi connectivity index (χ4v) is 4.42. The molecule has 0 aliphatic heterocycles. The van der Waals surface area contributed by atoms with Gasteiger partial charge < -0.3 is 5.32 Å². The topological polar surface area (TPSA) is 29.1 Å². The van der Waals surface area contributed by atoms with E-state index in [1.807, 2.05) is 24.3 Å². The lowest BCUT2D eigenvalue weighted by molar-refractivity contribution is 0.541. The van der Waals surface area contributed by atoms with E-state index in [4.69, 9.17) is 11.6 Å². The van der Waals surface area contributed by atoms with Gasteiger partial charge in [-0.3, -0.25) is 4.21 Å². The molecule has 1 aromatic carbocycles. The molecule has 0 aromatic heterocycles. The van der Waals surface area contributed by atoms with Crippen LogP contribution in [-0.2, 0) is 10.8 Å². The minimum Gasteiger partial charge on any atom is -0.313 e. The Bertz CT molecular complexity index is 410. The van der Waals surface area contributed by atoms with E-state index < -0.39 is 10.8 Å². The van der Waals surface area contributed by atoms with E-state index in [0.29, 0.717) is 11.1 Å². The molecule has 17 heavy (non-hydrogen) atoms. The second kappa shape index (κ2) is 5.98. The van der Waals surface area contributed by atoms with Crippen LogP contribution < -0.4 is 5.32 Å². The van der Waals surface area contributed by atoms with E-state index >= 15 is 0 Å². The van der Waals surface area contributed by atoms with Crippen molar-refractivity contribution in [2.24, 2.45) is 0 Å². The van der Waals surface area contributed by atoms with Gasteiger partial charge in [0.1, 0.15) is 0 Å². The van der Waals surface area contributed by atoms with Crippen molar-refractivity contribution in [3.05, 3.63) is 29.3 Å². The maximum atomic E-state index is 12.5. The number of hydrogen-bond donors (Lipinski definition) is 1. The zero-order chi connectivity index (χ0) is 12.3. The van der Waals surface area contributed by atoms with Gasteiger partial charge in [-0.05, 0) is 37.6 Å². The summed E-state index contributed by atoms with van der Waals surface area (Å²) >= 11 is 5.94. The quantitative estimate of drug-likeness (QED) is 0.912. The molecule has 2 rings (SSSR count). The van der Waals surface area contributed by atoms with E-state index in [9.17, 15) is 4.21 Å². The van der Waals surface area contributed by atoms with Crippen molar-refractivity contribution in [1.82, 2.24) is 5.32 Å². The zero-order valence-electron chi connectivity index (χ0n) is 9.99. The number of rotatable bonds is 4. The molecule has 94 valence electrons. The third-order valence-corrected chi connectivity index (χ3v) is 5.29. The Morgan fingerprint density at radius 2 is 2.29 bits per heavy atom. The molecule has 0 heterocycles. The number of halogens is 1. The molecule has 0 radical (unpaired) electrons. The molecular formula is C13H18ClNOS. The third-order valence-electron chi connectivity index (χ3n) is 3.22. The summed E-state index contributed by atoms with van der Waals surface area (Å²) in [5.74, 6) is 0. The largest absolute Gasteiger partial charge is 0.313 e. The van der Waals surface area contributed by atoms with E-state index in [1.165, 1.54) is 0 Å². The van der Waals surface area contributed by atoms with Gasteiger partial charge in [-0.2, -0.15) is 0 Å². The van der Waals surface area contributed by atoms with Crippen molar-refractivity contribution in [1.29, 1.82) is 0 Å². The first-order valence-corrected chi connectivity index (χ1v) is 7.71. The lowest BCUT2D eigenvalue weighted by Crippen LogP contribution is -2.37. The van der Waals surface area contributed by atoms with Gasteiger partial charge >= 0.3 is 0 Å². The van der Waals surface area contributed by atoms with Crippen molar-refractivity contribution < 1.29 is 4.21 Å². The zero-order valence-corrected chi connectivity index (χ0v) is 11.6. The van der Waals surface area contributed by atoms with Gasteiger partial charge in [0, 0.05) is 16.0 Å². The summed E-state index contributed by atoms with van der Waals surface area (Å²) in [7, 11) is -0.948. The van der Waals surface area contributed by atoms with E-state index in [1.54, 1.807) is 0 Å². The Kier molecular flexibility index (Phi) is 4.60. The van der Waals surface area contributed by atoms with E-state index in [-0.39, 0.29) is 5.25 Å². The summed E-state index contributed by atoms with van der Waals surface area (Å²) < 4.78 is 12.5. The van der Waals surface area contributed by atoms with Crippen LogP contribution >= 0.6 is 11.6 Å². The summed E-state index contributed by atoms with van der Waals surface area (Å²) in [6.45, 7) is 3.03. The van der Waals surface area contributed by atoms with Crippen LogP contribution in [0, 0.1) is 0 Å². The van der Waals surface area contributed by atoms with E-state index in [0.717, 1.165) is 30.7 Å². The van der Waals surface area contributed by atoms with Crippen LogP contribution in [0.4, 0.5) is 0 Å². The average molecular weight is 272 g/mol. The SMILES string of the molecule is CCNC1CCCC1S(=O)c1cccc(Cl)c1. The Balaban J connectivity index is 2.14. The number of hydrogen-bond acceptors (Lipinski definition) is 2. The van der Waals surface area contributed by atoms with Gasteiger partial charge in [0.25, 0.3) is 0 Å². The molecule has 0 bridgehead atoms. The van der Waals surface area contributed by atoms with Gasteiger partial charge in [-0.15, -0.1) is 0 Å². The van der Waals surface area contributed by atoms with Crippen LogP contribution in [0.25, 0.3) is 0 Å². The summed E-state index contributed by atoms with van der Waals surface area (Å²) in [5.41, 5.74) is 0. The molecule has 1 saturated carbocycles. The normalized spacial score (nSPS) is 26.0. The molecule has 3 atom stereocenters. The molecule has 1 aliphatic carbocycles. The molecule has 4 heteroatoms. The molecule has 0 spiro atoms. The minimum absolute atomic E-state index is 0.230. The first-order chi connectivity index (χ1) is 8.22. The second-order valence-corrected chi connectivity index (χ2v) is 6.50. The fourth-order valence-electron chi connectivity index (χ4n) is 2.44. The number of nitrogens with one attached hydrogen (secondary N) is 1. The summed E-state index contributed by atoms with van der Waals surface area (Å²) in [6, 6.07) is 7.80. The Morgan fingerprint density at radius 3 is 3.00 bits per heavy atom. The molecule has 1 aliphatic rings. The van der Waals surface area contributed by atoms with Crippen molar-refractivity contribution >= 4 is 22.4 Å². The van der Waals surface area contributed by atoms with Crippen LogP contribution in [0.15, 0.2) is 29.2 Å². The predicted molar refractivity (Wildman–Crippen MR) is 73.0 cm³/mol. The summed E-state index contributed by atoms with van der Waals surface area (Å²) in [4.78, 5) is 0.854. The van der Waals surface area contributed by atoms with Crippen LogP contribution in [-0.4, -0.2) is 22.0 Å². The van der Waals surface area contributed by atoms with Crippen molar-refractivity contribution in [2.75, 3.05) is 6.54 Å². The first kappa shape index (κ1) is 13.1. The lowest BCUT2D eigenvalue weighted by atomic mass is 10.2. The van der Waals surface area contributed by atoms with Crippen molar-refractivity contribution in [3.8, 4) is 0 Å². The molecule has 1 N–H and O–H groups in total. The molecule has 1 aromatic rings. The Hall–Kier alpha value is -0.380. The lowest BCUT2D eigenvalue weighted by Gasteiger charge is -2.19. The molecule has 0 amide bonds. The van der Waals surface area contributed by atoms with Gasteiger partial charge in [-0.25, -0.2) is 0 Å². The van der Waals surface area contributed by atoms with Crippen LogP contribution in [0.2, 0.25) is 5.02 Å². The minimum atomic E-state index is -0.948. The Morgan fingerprint density at radius 1 is 1.47 bits per heavy atom. The maximum absolute atomic E-state index is 12.5. The fraction of sp³-hybridized carbons (Fsp3) is 0.538. The number of benzene rings is 1. The molecule has 0 saturated heterocycles. The summed E-state index contributed by atoms with van der Waals surface area (Å²) in [5, 5.41) is 4.32. The predicted octanol–water partition coefficient (Wildman–Crippen LogP) is 2.98. The standard InChI is InChI=1S/C13H18ClNOS/c1-2-15-12-7-4-8-13(12)17(16)11-6-3-5-10(14)9-11/h3,5-6,9,12-13,15H,2,4,7-8H2,1H3. The van der Waals surface area contributed by atoms with Crippen molar-refractivity contribution in [3.63, 3.8) is 0 Å². The van der Waals surface area contributed by atoms with Crippen LogP contribution in [0.1, 0.15) is 26.2 Å². The highest BCUT2D eigenvalue weighted by atomic mass is 35.5. The molecule has 2 nitrogen and oxygen atoms in total. The summed E-state index contributed by atoms with van der Waals surface area (Å²) in [6.07, 6.45) is 3.33. The molecular weight excluding hydrogens is 254 g/mol. The maximum Gasteiger partial charge on any atom is 0.0577 e. The highest BCUT2D eigenvalue weighted by Gasteiger charge is 2.31. The second-order valence-electron chi connectivity index (χ2n) is 4.39. The van der Waals surface area contributed by atoms with E-state index in [2.05, 4.69) is 12.2 Å². The first-order valence-electron chi connectivity index (χ1n) is 6.12. The highest BCUT2D eigenvalue weighted by molar-refractivity contribution is 7.85. The van der Waals surface area contributed by atoms with Crippen molar-refractivity contribution in [2.45, 2.75) is 42.4 Å². The van der Waals surface area contributed by atoms with Gasteiger partial charge in [0.2, 0.25) is 0 Å². The van der Waals surface area contributed by atoms with Gasteiger partial charge in [0.15, 0.2) is 0 Å². The monoisotopic (exact) mass is 271 g/mol. The van der Waals surface area contributed by atoms with Gasteiger partial charge in [-0.1, -0.05) is 31.0 Å². The van der Waals surface area contributed by atoms with Gasteiger partial charge in [0.05, 0.1) is 16.0 Å².